The SMILES string of the molecule is c1ccc(C[n+]2c(-c3ccccc3)cc(-c3ccccc3)c3c2-c2cc(-c4ccccc4)ccc2CC3)cc1. The van der Waals surface area contributed by atoms with Crippen LogP contribution in [0.3, 0.4) is 0 Å². The van der Waals surface area contributed by atoms with E-state index in [-0.39, 0.29) is 0 Å². The van der Waals surface area contributed by atoms with Gasteiger partial charge >= 0.3 is 0 Å². The van der Waals surface area contributed by atoms with Crippen molar-refractivity contribution < 1.29 is 4.57 Å². The van der Waals surface area contributed by atoms with Crippen LogP contribution >= 0.6 is 0 Å². The van der Waals surface area contributed by atoms with E-state index in [0.717, 1.165) is 19.4 Å². The molecule has 5 aromatic carbocycles. The average Bonchev–Trinajstić information content (AvgIpc) is 3.02. The number of hydrogen-bond acceptors (Lipinski definition) is 0. The van der Waals surface area contributed by atoms with E-state index in [2.05, 4.69) is 150 Å². The van der Waals surface area contributed by atoms with Gasteiger partial charge in [0.1, 0.15) is 0 Å². The van der Waals surface area contributed by atoms with Crippen LogP contribution in [0.1, 0.15) is 16.7 Å². The minimum Gasteiger partial charge on any atom is -0.187 e. The van der Waals surface area contributed by atoms with Gasteiger partial charge in [-0.2, -0.15) is 4.57 Å². The summed E-state index contributed by atoms with van der Waals surface area (Å²) < 4.78 is 2.57. The van der Waals surface area contributed by atoms with Crippen LogP contribution in [-0.2, 0) is 19.4 Å². The molecule has 0 spiro atoms. The van der Waals surface area contributed by atoms with E-state index in [0.29, 0.717) is 0 Å². The van der Waals surface area contributed by atoms with Gasteiger partial charge in [-0.05, 0) is 58.9 Å². The molecule has 0 saturated heterocycles. The Bertz CT molecular complexity index is 1740. The minimum atomic E-state index is 0.817. The number of nitrogens with zero attached hydrogens (tertiary/aromatic N) is 1. The van der Waals surface area contributed by atoms with Crippen molar-refractivity contribution in [3.8, 4) is 44.8 Å². The van der Waals surface area contributed by atoms with E-state index in [4.69, 9.17) is 0 Å². The van der Waals surface area contributed by atoms with Crippen molar-refractivity contribution in [3.63, 3.8) is 0 Å². The molecule has 0 radical (unpaired) electrons. The molecule has 1 heteroatoms. The average molecular weight is 501 g/mol. The van der Waals surface area contributed by atoms with Gasteiger partial charge in [0.05, 0.1) is 5.56 Å². The first kappa shape index (κ1) is 23.4. The summed E-state index contributed by atoms with van der Waals surface area (Å²) in [4.78, 5) is 0. The van der Waals surface area contributed by atoms with Gasteiger partial charge in [0.15, 0.2) is 6.54 Å². The van der Waals surface area contributed by atoms with Crippen LogP contribution in [0.25, 0.3) is 44.8 Å². The van der Waals surface area contributed by atoms with Crippen molar-refractivity contribution in [3.05, 3.63) is 162 Å². The molecule has 0 unspecified atom stereocenters. The van der Waals surface area contributed by atoms with E-state index in [1.807, 2.05) is 0 Å². The van der Waals surface area contributed by atoms with Gasteiger partial charge in [0.25, 0.3) is 0 Å². The Labute approximate surface area is 230 Å². The lowest BCUT2D eigenvalue weighted by atomic mass is 9.82. The Hall–Kier alpha value is -4.75. The number of fused-ring (bicyclic) bond motifs is 3. The number of aryl methyl sites for hydroxylation is 1. The van der Waals surface area contributed by atoms with Crippen LogP contribution in [0.2, 0.25) is 0 Å². The van der Waals surface area contributed by atoms with Crippen LogP contribution in [0.5, 0.6) is 0 Å². The fourth-order valence-electron chi connectivity index (χ4n) is 6.01. The maximum absolute atomic E-state index is 2.57. The molecule has 0 N–H and O–H groups in total. The van der Waals surface area contributed by atoms with Gasteiger partial charge in [0, 0.05) is 22.8 Å². The predicted octanol–water partition coefficient (Wildman–Crippen LogP) is 8.79. The fraction of sp³-hybridized carbons (Fsp3) is 0.0789. The number of rotatable bonds is 5. The van der Waals surface area contributed by atoms with Gasteiger partial charge in [-0.25, -0.2) is 0 Å². The molecular formula is C38H30N+. The maximum atomic E-state index is 2.57. The normalized spacial score (nSPS) is 12.0. The molecule has 186 valence electrons. The second-order valence-corrected chi connectivity index (χ2v) is 10.3. The Morgan fingerprint density at radius 3 is 1.72 bits per heavy atom. The lowest BCUT2D eigenvalue weighted by molar-refractivity contribution is -0.667. The number of pyridine rings is 1. The zero-order chi connectivity index (χ0) is 26.0. The molecule has 1 aliphatic carbocycles. The van der Waals surface area contributed by atoms with Crippen molar-refractivity contribution in [2.45, 2.75) is 19.4 Å². The summed E-state index contributed by atoms with van der Waals surface area (Å²) in [5.74, 6) is 0. The molecule has 1 aliphatic rings. The monoisotopic (exact) mass is 500 g/mol. The van der Waals surface area contributed by atoms with Crippen LogP contribution in [-0.4, -0.2) is 0 Å². The minimum absolute atomic E-state index is 0.817. The van der Waals surface area contributed by atoms with Crippen molar-refractivity contribution in [1.82, 2.24) is 0 Å². The molecule has 0 fully saturated rings. The zero-order valence-corrected chi connectivity index (χ0v) is 21.9. The third kappa shape index (κ3) is 4.47. The molecule has 7 rings (SSSR count). The first-order chi connectivity index (χ1) is 19.3. The lowest BCUT2D eigenvalue weighted by Crippen LogP contribution is -2.41. The first-order valence-corrected chi connectivity index (χ1v) is 13.8. The summed E-state index contributed by atoms with van der Waals surface area (Å²) in [6, 6.07) is 52.9. The summed E-state index contributed by atoms with van der Waals surface area (Å²) in [7, 11) is 0. The van der Waals surface area contributed by atoms with E-state index >= 15 is 0 Å². The molecule has 1 nitrogen and oxygen atoms in total. The maximum Gasteiger partial charge on any atom is 0.217 e. The summed E-state index contributed by atoms with van der Waals surface area (Å²) in [5, 5.41) is 0. The summed E-state index contributed by atoms with van der Waals surface area (Å²) in [5.41, 5.74) is 14.5. The molecule has 0 atom stereocenters. The third-order valence-electron chi connectivity index (χ3n) is 7.91. The highest BCUT2D eigenvalue weighted by Gasteiger charge is 2.32. The Kier molecular flexibility index (Phi) is 6.11. The number of hydrogen-bond donors (Lipinski definition) is 0. The van der Waals surface area contributed by atoms with Crippen LogP contribution in [0, 0.1) is 0 Å². The summed E-state index contributed by atoms with van der Waals surface area (Å²) >= 11 is 0. The standard InChI is InChI=1S/C38H30N/c1-5-13-28(14-6-1)27-39-37(32-19-11-4-12-20-32)26-35(30-17-9-3-10-18-30)34-24-23-31-21-22-33(25-36(31)38(34)39)29-15-7-2-8-16-29/h1-22,25-26H,23-24,27H2/q+1. The van der Waals surface area contributed by atoms with E-state index in [1.54, 1.807) is 0 Å². The van der Waals surface area contributed by atoms with Crippen molar-refractivity contribution in [2.75, 3.05) is 0 Å². The Morgan fingerprint density at radius 1 is 0.462 bits per heavy atom. The van der Waals surface area contributed by atoms with Crippen LogP contribution in [0.15, 0.2) is 146 Å². The van der Waals surface area contributed by atoms with Crippen molar-refractivity contribution in [2.24, 2.45) is 0 Å². The van der Waals surface area contributed by atoms with Gasteiger partial charge in [-0.3, -0.25) is 0 Å². The highest BCUT2D eigenvalue weighted by atomic mass is 15.0. The second-order valence-electron chi connectivity index (χ2n) is 10.3. The second kappa shape index (κ2) is 10.2. The fourth-order valence-corrected chi connectivity index (χ4v) is 6.01. The van der Waals surface area contributed by atoms with Gasteiger partial charge in [0.2, 0.25) is 11.4 Å². The van der Waals surface area contributed by atoms with Crippen molar-refractivity contribution >= 4 is 0 Å². The molecule has 6 aromatic rings. The highest BCUT2D eigenvalue weighted by molar-refractivity contribution is 5.82. The highest BCUT2D eigenvalue weighted by Crippen LogP contribution is 2.40. The molecule has 0 aliphatic heterocycles. The van der Waals surface area contributed by atoms with E-state index < -0.39 is 0 Å². The Balaban J connectivity index is 1.55. The smallest absolute Gasteiger partial charge is 0.187 e. The Morgan fingerprint density at radius 2 is 1.05 bits per heavy atom. The van der Waals surface area contributed by atoms with Gasteiger partial charge in [-0.15, -0.1) is 0 Å². The largest absolute Gasteiger partial charge is 0.217 e. The van der Waals surface area contributed by atoms with Crippen LogP contribution in [0.4, 0.5) is 0 Å². The molecular weight excluding hydrogens is 470 g/mol. The molecule has 1 aromatic heterocycles. The zero-order valence-electron chi connectivity index (χ0n) is 21.9. The molecule has 0 bridgehead atoms. The molecule has 1 heterocycles. The van der Waals surface area contributed by atoms with Gasteiger partial charge < -0.3 is 0 Å². The molecule has 0 amide bonds. The van der Waals surface area contributed by atoms with Gasteiger partial charge in [-0.1, -0.05) is 121 Å². The molecule has 39 heavy (non-hydrogen) atoms. The quantitative estimate of drug-likeness (QED) is 0.208. The molecule has 0 saturated carbocycles. The van der Waals surface area contributed by atoms with E-state index in [1.165, 1.54) is 61.5 Å². The van der Waals surface area contributed by atoms with E-state index in [9.17, 15) is 0 Å². The number of benzene rings is 5. The lowest BCUT2D eigenvalue weighted by Gasteiger charge is -2.24. The van der Waals surface area contributed by atoms with Crippen LogP contribution < -0.4 is 4.57 Å². The summed E-state index contributed by atoms with van der Waals surface area (Å²) in [6.45, 7) is 0.817. The first-order valence-electron chi connectivity index (χ1n) is 13.8. The van der Waals surface area contributed by atoms with Crippen molar-refractivity contribution in [1.29, 1.82) is 0 Å². The predicted molar refractivity (Wildman–Crippen MR) is 161 cm³/mol. The number of aromatic nitrogens is 1. The summed E-state index contributed by atoms with van der Waals surface area (Å²) in [6.07, 6.45) is 2.08. The third-order valence-corrected chi connectivity index (χ3v) is 7.91. The topological polar surface area (TPSA) is 3.88 Å².